The number of ether oxygens (including phenoxy) is 3. The molecule has 3 amide bonds. The van der Waals surface area contributed by atoms with Crippen molar-refractivity contribution in [3.63, 3.8) is 0 Å². The van der Waals surface area contributed by atoms with Crippen LogP contribution in [-0.2, 0) is 28.8 Å². The molecule has 4 atom stereocenters. The van der Waals surface area contributed by atoms with Crippen molar-refractivity contribution in [3.05, 3.63) is 22.7 Å². The summed E-state index contributed by atoms with van der Waals surface area (Å²) >= 11 is 6.53. The van der Waals surface area contributed by atoms with Gasteiger partial charge in [0, 0.05) is 36.8 Å². The van der Waals surface area contributed by atoms with E-state index in [2.05, 4.69) is 10.5 Å². The largest absolute Gasteiger partial charge is 0.496 e. The van der Waals surface area contributed by atoms with E-state index in [-0.39, 0.29) is 37.8 Å². The summed E-state index contributed by atoms with van der Waals surface area (Å²) < 4.78 is 16.9. The van der Waals surface area contributed by atoms with E-state index < -0.39 is 58.5 Å². The highest BCUT2D eigenvalue weighted by Gasteiger charge is 2.56. The number of hydrogen-bond donors (Lipinski definition) is 2. The van der Waals surface area contributed by atoms with E-state index >= 15 is 0 Å². The molecule has 0 aromatic heterocycles. The van der Waals surface area contributed by atoms with Gasteiger partial charge in [0.05, 0.1) is 37.0 Å². The van der Waals surface area contributed by atoms with Crippen LogP contribution < -0.4 is 20.5 Å². The lowest BCUT2D eigenvalue weighted by molar-refractivity contribution is -0.143. The molecular weight excluding hydrogens is 668 g/mol. The van der Waals surface area contributed by atoms with E-state index in [0.29, 0.717) is 40.8 Å². The Morgan fingerprint density at radius 1 is 1.12 bits per heavy atom. The fourth-order valence-electron chi connectivity index (χ4n) is 7.27. The predicted octanol–water partition coefficient (Wildman–Crippen LogP) is 4.72. The lowest BCUT2D eigenvalue weighted by atomic mass is 9.85. The summed E-state index contributed by atoms with van der Waals surface area (Å²) in [6.07, 6.45) is 4.80. The van der Waals surface area contributed by atoms with Gasteiger partial charge in [-0.25, -0.2) is 4.79 Å². The average molecular weight is 717 g/mol. The third kappa shape index (κ3) is 8.52. The second-order valence-electron chi connectivity index (χ2n) is 15.1. The topological polar surface area (TPSA) is 176 Å². The number of primary amides is 1. The molecule has 2 heterocycles. The fraction of sp³-hybridized carbons (Fsp3) is 0.667. The smallest absolute Gasteiger partial charge is 0.408 e. The van der Waals surface area contributed by atoms with Crippen molar-refractivity contribution in [1.29, 1.82) is 0 Å². The molecule has 1 aromatic carbocycles. The summed E-state index contributed by atoms with van der Waals surface area (Å²) in [5.41, 5.74) is 4.59. The van der Waals surface area contributed by atoms with Gasteiger partial charge in [0.15, 0.2) is 11.4 Å². The Hall–Kier alpha value is -3.87. The molecular formula is C36H49ClN4O9. The number of hydrogen-bond acceptors (Lipinski definition) is 10. The number of alkyl carbamates (subject to hydrolysis) is 1. The maximum atomic E-state index is 14.5. The number of nitrogens with two attached hydrogens (primary N) is 1. The molecule has 2 aliphatic heterocycles. The maximum Gasteiger partial charge on any atom is 0.408 e. The van der Waals surface area contributed by atoms with Gasteiger partial charge in [-0.05, 0) is 56.4 Å². The quantitative estimate of drug-likeness (QED) is 0.258. The Morgan fingerprint density at radius 2 is 1.82 bits per heavy atom. The van der Waals surface area contributed by atoms with Gasteiger partial charge >= 0.3 is 6.09 Å². The zero-order chi connectivity index (χ0) is 36.4. The zero-order valence-corrected chi connectivity index (χ0v) is 30.3. The molecule has 3 fully saturated rings. The van der Waals surface area contributed by atoms with Crippen molar-refractivity contribution in [2.45, 2.75) is 116 Å². The van der Waals surface area contributed by atoms with E-state index in [1.165, 1.54) is 12.0 Å². The van der Waals surface area contributed by atoms with Gasteiger partial charge in [0.25, 0.3) is 5.91 Å². The molecule has 1 aromatic rings. The number of carbonyl (C=O) groups excluding carboxylic acids is 5. The van der Waals surface area contributed by atoms with Crippen LogP contribution in [0.1, 0.15) is 97.5 Å². The molecule has 50 heavy (non-hydrogen) atoms. The highest BCUT2D eigenvalue weighted by atomic mass is 35.5. The Bertz CT molecular complexity index is 1530. The van der Waals surface area contributed by atoms with Gasteiger partial charge in [0.1, 0.15) is 23.6 Å². The SMILES string of the molecule is CCOc1cc(OC)c(C2=NO[C@]3(C2)C[C@@H](C(=O)C[C@@H](CC2CC2)C(=O)C(N)=O)N(C(=O)[C@@H](NC(=O)OC2CCCC2)C(C)(C)C)C3)cc1Cl. The number of nitrogens with zero attached hydrogens (tertiary/aromatic N) is 2. The number of methoxy groups -OCH3 is 1. The van der Waals surface area contributed by atoms with Gasteiger partial charge in [-0.2, -0.15) is 0 Å². The number of amides is 3. The maximum absolute atomic E-state index is 14.5. The minimum Gasteiger partial charge on any atom is -0.496 e. The van der Waals surface area contributed by atoms with Crippen LogP contribution in [0.3, 0.4) is 0 Å². The average Bonchev–Trinajstić information content (AvgIpc) is 3.40. The monoisotopic (exact) mass is 716 g/mol. The van der Waals surface area contributed by atoms with E-state index in [4.69, 9.17) is 36.4 Å². The molecule has 14 heteroatoms. The first-order valence-electron chi connectivity index (χ1n) is 17.5. The molecule has 13 nitrogen and oxygen atoms in total. The Kier molecular flexibility index (Phi) is 11.3. The number of halogens is 1. The fourth-order valence-corrected chi connectivity index (χ4v) is 7.48. The standard InChI is InChI=1S/C36H49ClN4O9/c1-6-48-29-16-28(47-5)23(15-24(29)37)25-17-36(50-40-25)18-26(27(42)14-21(13-20-11-12-20)30(43)32(38)44)41(19-36)33(45)31(35(2,3)4)39-34(46)49-22-9-7-8-10-22/h15-16,20-22,26,31H,6-14,17-19H2,1-5H3,(H2,38,44)(H,39,46)/t21-,26+,31-,36-/m1/s1. The highest BCUT2D eigenvalue weighted by molar-refractivity contribution is 6.36. The summed E-state index contributed by atoms with van der Waals surface area (Å²) in [7, 11) is 1.52. The number of benzene rings is 1. The molecule has 0 unspecified atom stereocenters. The van der Waals surface area contributed by atoms with Crippen LogP contribution in [0.5, 0.6) is 11.5 Å². The third-order valence-corrected chi connectivity index (χ3v) is 10.4. The lowest BCUT2D eigenvalue weighted by Crippen LogP contribution is -2.57. The Morgan fingerprint density at radius 3 is 2.42 bits per heavy atom. The molecule has 1 spiro atoms. The van der Waals surface area contributed by atoms with Crippen LogP contribution >= 0.6 is 11.6 Å². The highest BCUT2D eigenvalue weighted by Crippen LogP contribution is 2.44. The number of carbonyl (C=O) groups is 5. The molecule has 2 saturated carbocycles. The van der Waals surface area contributed by atoms with E-state index in [1.807, 2.05) is 27.7 Å². The van der Waals surface area contributed by atoms with E-state index in [1.54, 1.807) is 12.1 Å². The molecule has 4 aliphatic rings. The summed E-state index contributed by atoms with van der Waals surface area (Å²) in [4.78, 5) is 74.1. The summed E-state index contributed by atoms with van der Waals surface area (Å²) in [6.45, 7) is 7.69. The second kappa shape index (κ2) is 15.2. The number of Topliss-reactive ketones (excluding diaryl/α,β-unsaturated/α-hetero) is 2. The van der Waals surface area contributed by atoms with Crippen molar-refractivity contribution >= 4 is 46.8 Å². The van der Waals surface area contributed by atoms with Crippen LogP contribution in [0.2, 0.25) is 5.02 Å². The Balaban J connectivity index is 1.43. The number of ketones is 2. The van der Waals surface area contributed by atoms with Gasteiger partial charge in [-0.1, -0.05) is 50.4 Å². The third-order valence-electron chi connectivity index (χ3n) is 10.1. The molecule has 1 saturated heterocycles. The number of oxime groups is 1. The van der Waals surface area contributed by atoms with Crippen molar-refractivity contribution in [3.8, 4) is 11.5 Å². The van der Waals surface area contributed by atoms with Gasteiger partial charge in [0.2, 0.25) is 11.7 Å². The van der Waals surface area contributed by atoms with Crippen LogP contribution in [-0.4, -0.2) is 84.1 Å². The first-order chi connectivity index (χ1) is 23.6. The summed E-state index contributed by atoms with van der Waals surface area (Å²) in [5.74, 6) is -2.49. The molecule has 3 N–H and O–H groups in total. The molecule has 5 rings (SSSR count). The molecule has 0 bridgehead atoms. The van der Waals surface area contributed by atoms with Gasteiger partial charge < -0.3 is 35.0 Å². The van der Waals surface area contributed by atoms with Crippen molar-refractivity contribution in [1.82, 2.24) is 10.2 Å². The van der Waals surface area contributed by atoms with E-state index in [0.717, 1.165) is 38.5 Å². The number of likely N-dealkylation sites (tertiary alicyclic amines) is 1. The number of rotatable bonds is 14. The summed E-state index contributed by atoms with van der Waals surface area (Å²) in [5, 5.41) is 7.54. The first-order valence-corrected chi connectivity index (χ1v) is 17.9. The lowest BCUT2D eigenvalue weighted by Gasteiger charge is -2.35. The zero-order valence-electron chi connectivity index (χ0n) is 29.6. The second-order valence-corrected chi connectivity index (χ2v) is 15.5. The molecule has 274 valence electrons. The predicted molar refractivity (Wildman–Crippen MR) is 184 cm³/mol. The van der Waals surface area contributed by atoms with Crippen molar-refractivity contribution < 1.29 is 43.0 Å². The van der Waals surface area contributed by atoms with Gasteiger partial charge in [-0.15, -0.1) is 0 Å². The normalized spacial score (nSPS) is 23.2. The van der Waals surface area contributed by atoms with Crippen LogP contribution in [0, 0.1) is 17.3 Å². The summed E-state index contributed by atoms with van der Waals surface area (Å²) in [6, 6.07) is 1.28. The minimum atomic E-state index is -1.10. The Labute approximate surface area is 297 Å². The van der Waals surface area contributed by atoms with Crippen molar-refractivity contribution in [2.24, 2.45) is 28.1 Å². The van der Waals surface area contributed by atoms with Crippen LogP contribution in [0.25, 0.3) is 0 Å². The van der Waals surface area contributed by atoms with E-state index in [9.17, 15) is 24.0 Å². The first kappa shape index (κ1) is 37.4. The molecule has 0 radical (unpaired) electrons. The van der Waals surface area contributed by atoms with Gasteiger partial charge in [-0.3, -0.25) is 19.2 Å². The molecule has 2 aliphatic carbocycles. The van der Waals surface area contributed by atoms with Crippen LogP contribution in [0.15, 0.2) is 17.3 Å². The van der Waals surface area contributed by atoms with Crippen LogP contribution in [0.4, 0.5) is 4.79 Å². The minimum absolute atomic E-state index is 0.0225. The number of nitrogens with one attached hydrogen (secondary N) is 1. The van der Waals surface area contributed by atoms with Crippen molar-refractivity contribution in [2.75, 3.05) is 20.3 Å².